The van der Waals surface area contributed by atoms with Gasteiger partial charge in [0.1, 0.15) is 0 Å². The van der Waals surface area contributed by atoms with Crippen LogP contribution >= 0.6 is 22.7 Å². The lowest BCUT2D eigenvalue weighted by atomic mass is 9.90. The zero-order valence-electron chi connectivity index (χ0n) is 33.3. The highest BCUT2D eigenvalue weighted by molar-refractivity contribution is 7.26. The average Bonchev–Trinajstić information content (AvgIpc) is 3.93. The van der Waals surface area contributed by atoms with Crippen molar-refractivity contribution in [3.8, 4) is 56.0 Å². The van der Waals surface area contributed by atoms with Crippen LogP contribution in [0.5, 0.6) is 0 Å². The summed E-state index contributed by atoms with van der Waals surface area (Å²) in [6.45, 7) is 0. The number of nitrogens with zero attached hydrogens (tertiary/aromatic N) is 2. The average molecular weight is 823 g/mol. The van der Waals surface area contributed by atoms with Gasteiger partial charge in [0.25, 0.3) is 0 Å². The topological polar surface area (TPSA) is 25.8 Å². The molecule has 0 saturated heterocycles. The SMILES string of the molecule is c1ccc(-c2nc(-c3cc(-c4ccc(-c5cccc6c5sc5ccccc56)cc4)cc(-c4ccc5c6ccccc6c6ccccc6c5c4)c3)nc3c2sc2ccccc23)cc1. The first-order chi connectivity index (χ1) is 30.7. The maximum Gasteiger partial charge on any atom is 0.160 e. The Kier molecular flexibility index (Phi) is 7.99. The Hall–Kier alpha value is -7.50. The molecule has 0 radical (unpaired) electrons. The molecule has 4 heteroatoms. The smallest absolute Gasteiger partial charge is 0.160 e. The molecule has 0 bridgehead atoms. The van der Waals surface area contributed by atoms with Gasteiger partial charge in [0.15, 0.2) is 5.82 Å². The minimum atomic E-state index is 0.716. The van der Waals surface area contributed by atoms with Gasteiger partial charge in [-0.3, -0.25) is 0 Å². The van der Waals surface area contributed by atoms with Gasteiger partial charge in [-0.25, -0.2) is 9.97 Å². The van der Waals surface area contributed by atoms with Crippen molar-refractivity contribution in [2.75, 3.05) is 0 Å². The number of rotatable bonds is 5. The minimum Gasteiger partial charge on any atom is -0.226 e. The Balaban J connectivity index is 1.03. The van der Waals surface area contributed by atoms with Crippen molar-refractivity contribution >= 4 is 95.5 Å². The molecule has 13 rings (SSSR count). The van der Waals surface area contributed by atoms with Crippen LogP contribution in [-0.4, -0.2) is 9.97 Å². The van der Waals surface area contributed by atoms with Gasteiger partial charge in [-0.2, -0.15) is 0 Å². The number of benzene rings is 10. The molecule has 3 aromatic heterocycles. The first kappa shape index (κ1) is 35.3. The third kappa shape index (κ3) is 5.61. The van der Waals surface area contributed by atoms with E-state index < -0.39 is 0 Å². The second kappa shape index (κ2) is 14.0. The second-order valence-corrected chi connectivity index (χ2v) is 18.2. The van der Waals surface area contributed by atoms with E-state index in [9.17, 15) is 0 Å². The lowest BCUT2D eigenvalue weighted by Gasteiger charge is -2.14. The normalized spacial score (nSPS) is 11.9. The summed E-state index contributed by atoms with van der Waals surface area (Å²) in [7, 11) is 0. The predicted octanol–water partition coefficient (Wildman–Crippen LogP) is 17.0. The second-order valence-electron chi connectivity index (χ2n) is 16.0. The number of hydrogen-bond acceptors (Lipinski definition) is 4. The lowest BCUT2D eigenvalue weighted by molar-refractivity contribution is 1.24. The van der Waals surface area contributed by atoms with Gasteiger partial charge in [0.2, 0.25) is 0 Å². The van der Waals surface area contributed by atoms with E-state index in [2.05, 4.69) is 206 Å². The molecule has 0 N–H and O–H groups in total. The molecule has 10 aromatic carbocycles. The Labute approximate surface area is 365 Å². The Morgan fingerprint density at radius 2 is 0.790 bits per heavy atom. The van der Waals surface area contributed by atoms with E-state index in [1.165, 1.54) is 68.3 Å². The molecule has 2 nitrogen and oxygen atoms in total. The van der Waals surface area contributed by atoms with Crippen molar-refractivity contribution in [2.45, 2.75) is 0 Å². The molecular formula is C58H34N2S2. The molecular weight excluding hydrogens is 789 g/mol. The highest BCUT2D eigenvalue weighted by atomic mass is 32.1. The Morgan fingerprint density at radius 3 is 1.52 bits per heavy atom. The molecule has 3 heterocycles. The fourth-order valence-corrected chi connectivity index (χ4v) is 11.9. The fourth-order valence-electron chi connectivity index (χ4n) is 9.51. The van der Waals surface area contributed by atoms with Gasteiger partial charge in [-0.1, -0.05) is 170 Å². The van der Waals surface area contributed by atoms with Crippen LogP contribution in [0.15, 0.2) is 206 Å². The number of aromatic nitrogens is 2. The van der Waals surface area contributed by atoms with Crippen molar-refractivity contribution < 1.29 is 0 Å². The van der Waals surface area contributed by atoms with Crippen LogP contribution in [0.1, 0.15) is 0 Å². The fraction of sp³-hybridized carbons (Fsp3) is 0. The van der Waals surface area contributed by atoms with E-state index >= 15 is 0 Å². The molecule has 0 aliphatic heterocycles. The first-order valence-electron chi connectivity index (χ1n) is 21.0. The van der Waals surface area contributed by atoms with Gasteiger partial charge in [-0.15, -0.1) is 22.7 Å². The number of fused-ring (bicyclic) bond motifs is 12. The largest absolute Gasteiger partial charge is 0.226 e. The summed E-state index contributed by atoms with van der Waals surface area (Å²) >= 11 is 3.64. The van der Waals surface area contributed by atoms with E-state index in [1.807, 2.05) is 11.3 Å². The third-order valence-electron chi connectivity index (χ3n) is 12.5. The zero-order valence-corrected chi connectivity index (χ0v) is 35.0. The van der Waals surface area contributed by atoms with Crippen LogP contribution in [0.25, 0.3) is 129 Å². The highest BCUT2D eigenvalue weighted by Gasteiger charge is 2.19. The zero-order chi connectivity index (χ0) is 40.7. The molecule has 0 amide bonds. The van der Waals surface area contributed by atoms with Crippen molar-refractivity contribution in [1.82, 2.24) is 9.97 Å². The van der Waals surface area contributed by atoms with E-state index in [0.29, 0.717) is 5.82 Å². The Morgan fingerprint density at radius 1 is 0.274 bits per heavy atom. The summed E-state index contributed by atoms with van der Waals surface area (Å²) in [6.07, 6.45) is 0. The molecule has 0 fully saturated rings. The van der Waals surface area contributed by atoms with E-state index in [0.717, 1.165) is 54.7 Å². The summed E-state index contributed by atoms with van der Waals surface area (Å²) in [5.74, 6) is 0.716. The molecule has 13 aromatic rings. The number of hydrogen-bond donors (Lipinski definition) is 0. The molecule has 0 aliphatic carbocycles. The van der Waals surface area contributed by atoms with Crippen LogP contribution < -0.4 is 0 Å². The van der Waals surface area contributed by atoms with Crippen molar-refractivity contribution in [2.24, 2.45) is 0 Å². The van der Waals surface area contributed by atoms with E-state index in [1.54, 1.807) is 11.3 Å². The summed E-state index contributed by atoms with van der Waals surface area (Å²) < 4.78 is 4.96. The minimum absolute atomic E-state index is 0.716. The van der Waals surface area contributed by atoms with Crippen LogP contribution in [0.2, 0.25) is 0 Å². The van der Waals surface area contributed by atoms with Gasteiger partial charge >= 0.3 is 0 Å². The molecule has 288 valence electrons. The van der Waals surface area contributed by atoms with Crippen molar-refractivity contribution in [1.29, 1.82) is 0 Å². The quantitative estimate of drug-likeness (QED) is 0.162. The van der Waals surface area contributed by atoms with Crippen LogP contribution in [0.3, 0.4) is 0 Å². The molecule has 0 spiro atoms. The maximum atomic E-state index is 5.43. The monoisotopic (exact) mass is 822 g/mol. The molecule has 0 aliphatic rings. The first-order valence-corrected chi connectivity index (χ1v) is 22.6. The van der Waals surface area contributed by atoms with Crippen LogP contribution in [0.4, 0.5) is 0 Å². The maximum absolute atomic E-state index is 5.43. The summed E-state index contributed by atoms with van der Waals surface area (Å²) in [4.78, 5) is 10.8. The van der Waals surface area contributed by atoms with Gasteiger partial charge in [-0.05, 0) is 102 Å². The number of thiophene rings is 2. The Bertz CT molecular complexity index is 3880. The highest BCUT2D eigenvalue weighted by Crippen LogP contribution is 2.44. The molecule has 0 saturated carbocycles. The summed E-state index contributed by atoms with van der Waals surface area (Å²) in [6, 6.07) is 75.1. The predicted molar refractivity (Wildman–Crippen MR) is 268 cm³/mol. The van der Waals surface area contributed by atoms with Crippen LogP contribution in [0, 0.1) is 0 Å². The van der Waals surface area contributed by atoms with Crippen molar-refractivity contribution in [3.05, 3.63) is 206 Å². The lowest BCUT2D eigenvalue weighted by Crippen LogP contribution is -1.95. The van der Waals surface area contributed by atoms with E-state index in [4.69, 9.17) is 9.97 Å². The van der Waals surface area contributed by atoms with Crippen LogP contribution in [-0.2, 0) is 0 Å². The van der Waals surface area contributed by atoms with Gasteiger partial charge < -0.3 is 0 Å². The van der Waals surface area contributed by atoms with E-state index in [-0.39, 0.29) is 0 Å². The third-order valence-corrected chi connectivity index (χ3v) is 14.9. The molecule has 62 heavy (non-hydrogen) atoms. The van der Waals surface area contributed by atoms with Gasteiger partial charge in [0, 0.05) is 41.4 Å². The van der Waals surface area contributed by atoms with Gasteiger partial charge in [0.05, 0.1) is 15.9 Å². The standard InChI is InChI=1S/C58H34N2S2/c1-2-13-37(14-3-1)54-57-55(50-20-9-11-24-53(50)62-57)60-58(59-54)41-32-39(35-25-27-36(28-26-35)42-21-12-22-49-48-19-8-10-23-52(48)61-56(42)49)31-40(33-41)38-29-30-47-45-17-5-4-15-43(45)44-16-6-7-18-46(44)51(47)34-38/h1-34H. The molecule has 0 atom stereocenters. The molecule has 0 unspecified atom stereocenters. The summed E-state index contributed by atoms with van der Waals surface area (Å²) in [5, 5.41) is 11.4. The summed E-state index contributed by atoms with van der Waals surface area (Å²) in [5.41, 5.74) is 11.0. The van der Waals surface area contributed by atoms with Crippen molar-refractivity contribution in [3.63, 3.8) is 0 Å².